The van der Waals surface area contributed by atoms with Gasteiger partial charge in [-0.05, 0) is 37.6 Å². The number of hydrogen-bond acceptors (Lipinski definition) is 4. The maximum Gasteiger partial charge on any atom is 0.263 e. The van der Waals surface area contributed by atoms with Crippen molar-refractivity contribution in [3.63, 3.8) is 0 Å². The van der Waals surface area contributed by atoms with Crippen molar-refractivity contribution in [2.75, 3.05) is 19.5 Å². The Morgan fingerprint density at radius 3 is 2.43 bits per heavy atom. The molecule has 1 N–H and O–H groups in total. The average Bonchev–Trinajstić information content (AvgIpc) is 2.53. The number of nitrogens with one attached hydrogen (secondary N) is 1. The predicted octanol–water partition coefficient (Wildman–Crippen LogP) is 2.27. The van der Waals surface area contributed by atoms with E-state index in [2.05, 4.69) is 5.32 Å². The van der Waals surface area contributed by atoms with Crippen LogP contribution in [0.15, 0.2) is 29.1 Å². The number of carbonyl (C=O) groups excluding carboxylic acids is 1. The standard InChI is InChI=1S/C17H20N2O4/c1-10-8-11(2)19(3)17(21)15(10)16(20)18-13-7-6-12(22-4)9-14(13)23-5/h6-9H,1-5H3,(H,18,20). The third-order valence-corrected chi connectivity index (χ3v) is 3.75. The number of amides is 1. The Balaban J connectivity index is 2.41. The van der Waals surface area contributed by atoms with Gasteiger partial charge in [-0.2, -0.15) is 0 Å². The molecule has 0 radical (unpaired) electrons. The maximum absolute atomic E-state index is 12.5. The van der Waals surface area contributed by atoms with Crippen molar-refractivity contribution in [2.45, 2.75) is 13.8 Å². The van der Waals surface area contributed by atoms with Crippen LogP contribution in [0.25, 0.3) is 0 Å². The Labute approximate surface area is 134 Å². The third-order valence-electron chi connectivity index (χ3n) is 3.75. The number of carbonyl (C=O) groups is 1. The van der Waals surface area contributed by atoms with Gasteiger partial charge in [-0.3, -0.25) is 9.59 Å². The molecule has 0 unspecified atom stereocenters. The van der Waals surface area contributed by atoms with E-state index >= 15 is 0 Å². The monoisotopic (exact) mass is 316 g/mol. The summed E-state index contributed by atoms with van der Waals surface area (Å²) in [5.74, 6) is 0.605. The fourth-order valence-electron chi connectivity index (χ4n) is 2.34. The second-order valence-electron chi connectivity index (χ2n) is 5.23. The molecule has 0 atom stereocenters. The number of methoxy groups -OCH3 is 2. The van der Waals surface area contributed by atoms with Gasteiger partial charge in [0.05, 0.1) is 19.9 Å². The lowest BCUT2D eigenvalue weighted by molar-refractivity contribution is 0.102. The lowest BCUT2D eigenvalue weighted by atomic mass is 10.1. The van der Waals surface area contributed by atoms with Crippen LogP contribution in [0.1, 0.15) is 21.6 Å². The SMILES string of the molecule is COc1ccc(NC(=O)c2c(C)cc(C)n(C)c2=O)c(OC)c1. The second kappa shape index (κ2) is 6.56. The summed E-state index contributed by atoms with van der Waals surface area (Å²) in [6.45, 7) is 3.57. The summed E-state index contributed by atoms with van der Waals surface area (Å²) in [4.78, 5) is 24.9. The third kappa shape index (κ3) is 3.21. The molecule has 1 heterocycles. The van der Waals surface area contributed by atoms with Gasteiger partial charge in [-0.1, -0.05) is 0 Å². The summed E-state index contributed by atoms with van der Waals surface area (Å²) in [7, 11) is 4.69. The first kappa shape index (κ1) is 16.6. The van der Waals surface area contributed by atoms with E-state index in [9.17, 15) is 9.59 Å². The first-order chi connectivity index (χ1) is 10.9. The molecule has 1 amide bonds. The average molecular weight is 316 g/mol. The van der Waals surface area contributed by atoms with E-state index in [0.717, 1.165) is 5.69 Å². The van der Waals surface area contributed by atoms with Crippen molar-refractivity contribution in [1.82, 2.24) is 4.57 Å². The molecule has 0 aliphatic carbocycles. The van der Waals surface area contributed by atoms with Crippen LogP contribution in [-0.2, 0) is 7.05 Å². The minimum atomic E-state index is -0.466. The summed E-state index contributed by atoms with van der Waals surface area (Å²) < 4.78 is 11.8. The smallest absolute Gasteiger partial charge is 0.263 e. The van der Waals surface area contributed by atoms with E-state index in [1.54, 1.807) is 39.3 Å². The lowest BCUT2D eigenvalue weighted by Gasteiger charge is -2.13. The summed E-state index contributed by atoms with van der Waals surface area (Å²) in [5.41, 5.74) is 1.70. The van der Waals surface area contributed by atoms with Gasteiger partial charge in [0.25, 0.3) is 11.5 Å². The van der Waals surface area contributed by atoms with E-state index in [0.29, 0.717) is 22.7 Å². The summed E-state index contributed by atoms with van der Waals surface area (Å²) in [5, 5.41) is 2.72. The van der Waals surface area contributed by atoms with Crippen LogP contribution in [-0.4, -0.2) is 24.7 Å². The Hall–Kier alpha value is -2.76. The Kier molecular flexibility index (Phi) is 4.74. The maximum atomic E-state index is 12.5. The van der Waals surface area contributed by atoms with E-state index in [-0.39, 0.29) is 11.1 Å². The van der Waals surface area contributed by atoms with Crippen LogP contribution in [0, 0.1) is 13.8 Å². The first-order valence-electron chi connectivity index (χ1n) is 7.09. The Morgan fingerprint density at radius 1 is 1.13 bits per heavy atom. The molecular formula is C17H20N2O4. The van der Waals surface area contributed by atoms with Gasteiger partial charge in [0.15, 0.2) is 0 Å². The number of hydrogen-bond donors (Lipinski definition) is 1. The van der Waals surface area contributed by atoms with Crippen LogP contribution >= 0.6 is 0 Å². The molecule has 2 rings (SSSR count). The molecule has 1 aromatic carbocycles. The van der Waals surface area contributed by atoms with Crippen molar-refractivity contribution in [3.8, 4) is 11.5 Å². The summed E-state index contributed by atoms with van der Waals surface area (Å²) >= 11 is 0. The molecule has 0 spiro atoms. The first-order valence-corrected chi connectivity index (χ1v) is 7.09. The molecular weight excluding hydrogens is 296 g/mol. The van der Waals surface area contributed by atoms with Gasteiger partial charge in [-0.25, -0.2) is 0 Å². The molecule has 1 aromatic heterocycles. The zero-order chi connectivity index (χ0) is 17.1. The number of rotatable bonds is 4. The highest BCUT2D eigenvalue weighted by molar-refractivity contribution is 6.05. The molecule has 23 heavy (non-hydrogen) atoms. The van der Waals surface area contributed by atoms with Gasteiger partial charge in [0.1, 0.15) is 17.1 Å². The van der Waals surface area contributed by atoms with Gasteiger partial charge in [0, 0.05) is 18.8 Å². The Morgan fingerprint density at radius 2 is 1.83 bits per heavy atom. The van der Waals surface area contributed by atoms with Crippen LogP contribution in [0.2, 0.25) is 0 Å². The number of benzene rings is 1. The number of nitrogens with zero attached hydrogens (tertiary/aromatic N) is 1. The number of ether oxygens (including phenoxy) is 2. The van der Waals surface area contributed by atoms with Gasteiger partial charge in [-0.15, -0.1) is 0 Å². The highest BCUT2D eigenvalue weighted by atomic mass is 16.5. The zero-order valence-corrected chi connectivity index (χ0v) is 13.9. The molecule has 2 aromatic rings. The van der Waals surface area contributed by atoms with Crippen molar-refractivity contribution in [3.05, 3.63) is 51.4 Å². The molecule has 0 bridgehead atoms. The quantitative estimate of drug-likeness (QED) is 0.939. The minimum absolute atomic E-state index is 0.121. The van der Waals surface area contributed by atoms with Crippen LogP contribution in [0.4, 0.5) is 5.69 Å². The van der Waals surface area contributed by atoms with Crippen molar-refractivity contribution in [2.24, 2.45) is 7.05 Å². The Bertz CT molecular complexity index is 809. The molecule has 0 aliphatic heterocycles. The number of pyridine rings is 1. The van der Waals surface area contributed by atoms with Crippen LogP contribution in [0.3, 0.4) is 0 Å². The molecule has 0 aliphatic rings. The molecule has 0 saturated heterocycles. The van der Waals surface area contributed by atoms with E-state index < -0.39 is 5.91 Å². The summed E-state index contributed by atoms with van der Waals surface area (Å²) in [6, 6.07) is 6.85. The predicted molar refractivity (Wildman–Crippen MR) is 88.7 cm³/mol. The number of aromatic nitrogens is 1. The summed E-state index contributed by atoms with van der Waals surface area (Å²) in [6.07, 6.45) is 0. The van der Waals surface area contributed by atoms with Crippen molar-refractivity contribution >= 4 is 11.6 Å². The van der Waals surface area contributed by atoms with Gasteiger partial charge < -0.3 is 19.4 Å². The fraction of sp³-hybridized carbons (Fsp3) is 0.294. The van der Waals surface area contributed by atoms with Crippen molar-refractivity contribution < 1.29 is 14.3 Å². The highest BCUT2D eigenvalue weighted by Crippen LogP contribution is 2.29. The molecule has 0 saturated carbocycles. The minimum Gasteiger partial charge on any atom is -0.497 e. The normalized spacial score (nSPS) is 10.3. The largest absolute Gasteiger partial charge is 0.497 e. The van der Waals surface area contributed by atoms with Crippen molar-refractivity contribution in [1.29, 1.82) is 0 Å². The topological polar surface area (TPSA) is 69.6 Å². The van der Waals surface area contributed by atoms with Gasteiger partial charge in [0.2, 0.25) is 0 Å². The second-order valence-corrected chi connectivity index (χ2v) is 5.23. The van der Waals surface area contributed by atoms with Crippen LogP contribution < -0.4 is 20.3 Å². The zero-order valence-electron chi connectivity index (χ0n) is 13.9. The molecule has 0 fully saturated rings. The van der Waals surface area contributed by atoms with E-state index in [1.807, 2.05) is 13.0 Å². The van der Waals surface area contributed by atoms with Crippen LogP contribution in [0.5, 0.6) is 11.5 Å². The molecule has 6 nitrogen and oxygen atoms in total. The molecule has 6 heteroatoms. The molecule has 122 valence electrons. The van der Waals surface area contributed by atoms with E-state index in [1.165, 1.54) is 11.7 Å². The van der Waals surface area contributed by atoms with E-state index in [4.69, 9.17) is 9.47 Å². The lowest BCUT2D eigenvalue weighted by Crippen LogP contribution is -2.30. The number of aryl methyl sites for hydroxylation is 2. The fourth-order valence-corrected chi connectivity index (χ4v) is 2.34. The number of anilines is 1. The highest BCUT2D eigenvalue weighted by Gasteiger charge is 2.18. The van der Waals surface area contributed by atoms with Gasteiger partial charge >= 0.3 is 0 Å².